The highest BCUT2D eigenvalue weighted by Crippen LogP contribution is 2.37. The van der Waals surface area contributed by atoms with E-state index in [1.165, 1.54) is 35.7 Å². The molecule has 0 radical (unpaired) electrons. The third-order valence-electron chi connectivity index (χ3n) is 5.75. The Bertz CT molecular complexity index is 1280. The van der Waals surface area contributed by atoms with Gasteiger partial charge in [-0.15, -0.1) is 11.3 Å². The Kier molecular flexibility index (Phi) is 5.31. The van der Waals surface area contributed by atoms with Gasteiger partial charge in [0.15, 0.2) is 5.13 Å². The van der Waals surface area contributed by atoms with Gasteiger partial charge in [0, 0.05) is 41.6 Å². The molecule has 1 N–H and O–H groups in total. The van der Waals surface area contributed by atoms with E-state index in [9.17, 15) is 17.6 Å². The zero-order chi connectivity index (χ0) is 22.5. The van der Waals surface area contributed by atoms with Crippen molar-refractivity contribution in [2.45, 2.75) is 23.8 Å². The van der Waals surface area contributed by atoms with Crippen molar-refractivity contribution in [3.63, 3.8) is 0 Å². The van der Waals surface area contributed by atoms with Crippen LogP contribution in [0.4, 0.5) is 20.9 Å². The molecule has 3 heterocycles. The minimum absolute atomic E-state index is 0.0838. The van der Waals surface area contributed by atoms with E-state index in [0.717, 1.165) is 0 Å². The number of halogens is 2. The van der Waals surface area contributed by atoms with E-state index < -0.39 is 21.9 Å². The number of nitrogens with zero attached hydrogens (tertiary/aromatic N) is 3. The maximum Gasteiger partial charge on any atom is 0.263 e. The SMILES string of the molecule is O=C1[C@@H](N2CCc3c2ccc(Cl)c3F)CCN1c1ccc(S(=O)(=O)Nc2nccs2)cc1. The van der Waals surface area contributed by atoms with Crippen molar-refractivity contribution in [3.8, 4) is 0 Å². The summed E-state index contributed by atoms with van der Waals surface area (Å²) >= 11 is 7.08. The number of fused-ring (bicyclic) bond motifs is 1. The minimum atomic E-state index is -3.76. The molecule has 166 valence electrons. The second-order valence-corrected chi connectivity index (χ2v) is 10.5. The first-order valence-corrected chi connectivity index (χ1v) is 12.7. The second kappa shape index (κ2) is 8.02. The van der Waals surface area contributed by atoms with E-state index in [0.29, 0.717) is 42.9 Å². The monoisotopic (exact) mass is 492 g/mol. The number of carbonyl (C=O) groups excluding carboxylic acids is 1. The summed E-state index contributed by atoms with van der Waals surface area (Å²) in [7, 11) is -3.76. The lowest BCUT2D eigenvalue weighted by Crippen LogP contribution is -2.41. The molecule has 0 aliphatic carbocycles. The van der Waals surface area contributed by atoms with Gasteiger partial charge >= 0.3 is 0 Å². The lowest BCUT2D eigenvalue weighted by molar-refractivity contribution is -0.118. The van der Waals surface area contributed by atoms with Gasteiger partial charge in [0.2, 0.25) is 5.91 Å². The van der Waals surface area contributed by atoms with Gasteiger partial charge in [-0.25, -0.2) is 17.8 Å². The number of amides is 1. The molecule has 0 unspecified atom stereocenters. The molecule has 5 rings (SSSR count). The molecular weight excluding hydrogens is 475 g/mol. The Morgan fingerprint density at radius 3 is 2.66 bits per heavy atom. The molecule has 3 aromatic rings. The first-order chi connectivity index (χ1) is 15.3. The van der Waals surface area contributed by atoms with Crippen LogP contribution in [0.15, 0.2) is 52.9 Å². The number of nitrogens with one attached hydrogen (secondary N) is 1. The molecular formula is C21H18ClFN4O3S2. The smallest absolute Gasteiger partial charge is 0.263 e. The van der Waals surface area contributed by atoms with Crippen LogP contribution in [-0.2, 0) is 21.2 Å². The summed E-state index contributed by atoms with van der Waals surface area (Å²) in [4.78, 5) is 20.8. The summed E-state index contributed by atoms with van der Waals surface area (Å²) in [5.41, 5.74) is 1.88. The zero-order valence-electron chi connectivity index (χ0n) is 16.7. The van der Waals surface area contributed by atoms with Gasteiger partial charge in [0.05, 0.1) is 9.92 Å². The van der Waals surface area contributed by atoms with Crippen LogP contribution in [0.3, 0.4) is 0 Å². The lowest BCUT2D eigenvalue weighted by Gasteiger charge is -2.26. The highest BCUT2D eigenvalue weighted by Gasteiger charge is 2.40. The van der Waals surface area contributed by atoms with Crippen LogP contribution in [-0.4, -0.2) is 38.4 Å². The van der Waals surface area contributed by atoms with Crippen molar-refractivity contribution in [2.75, 3.05) is 27.6 Å². The van der Waals surface area contributed by atoms with Gasteiger partial charge in [-0.2, -0.15) is 0 Å². The van der Waals surface area contributed by atoms with Crippen molar-refractivity contribution >= 4 is 55.4 Å². The second-order valence-electron chi connectivity index (χ2n) is 7.53. The number of hydrogen-bond acceptors (Lipinski definition) is 6. The predicted molar refractivity (Wildman–Crippen MR) is 123 cm³/mol. The molecule has 7 nitrogen and oxygen atoms in total. The standard InChI is InChI=1S/C21H18ClFN4O3S2/c22-16-5-6-17-15(19(16)23)7-10-27(17)18-8-11-26(20(18)28)13-1-3-14(4-2-13)32(29,30)25-21-24-9-12-31-21/h1-6,9,12,18H,7-8,10-11H2,(H,24,25)/t18-/m0/s1. The van der Waals surface area contributed by atoms with Gasteiger partial charge in [-0.05, 0) is 49.2 Å². The maximum absolute atomic E-state index is 14.3. The molecule has 11 heteroatoms. The van der Waals surface area contributed by atoms with Crippen molar-refractivity contribution in [1.82, 2.24) is 4.98 Å². The van der Waals surface area contributed by atoms with Crippen LogP contribution in [0.1, 0.15) is 12.0 Å². The highest BCUT2D eigenvalue weighted by atomic mass is 35.5. The number of benzene rings is 2. The van der Waals surface area contributed by atoms with Crippen LogP contribution >= 0.6 is 22.9 Å². The molecule has 32 heavy (non-hydrogen) atoms. The average Bonchev–Trinajstić information content (AvgIpc) is 3.51. The molecule has 2 aromatic carbocycles. The van der Waals surface area contributed by atoms with Crippen LogP contribution in [0, 0.1) is 5.82 Å². The summed E-state index contributed by atoms with van der Waals surface area (Å²) in [5.74, 6) is -0.512. The maximum atomic E-state index is 14.3. The Labute approximate surface area is 193 Å². The Morgan fingerprint density at radius 1 is 1.16 bits per heavy atom. The van der Waals surface area contributed by atoms with Crippen LogP contribution in [0.25, 0.3) is 0 Å². The molecule has 1 fully saturated rings. The number of thiazole rings is 1. The van der Waals surface area contributed by atoms with Crippen LogP contribution < -0.4 is 14.5 Å². The van der Waals surface area contributed by atoms with Gasteiger partial charge in [0.25, 0.3) is 10.0 Å². The van der Waals surface area contributed by atoms with Crippen molar-refractivity contribution < 1.29 is 17.6 Å². The number of sulfonamides is 1. The number of aromatic nitrogens is 1. The summed E-state index contributed by atoms with van der Waals surface area (Å²) in [6, 6.07) is 9.06. The van der Waals surface area contributed by atoms with Gasteiger partial charge in [0.1, 0.15) is 11.9 Å². The van der Waals surface area contributed by atoms with E-state index in [4.69, 9.17) is 11.6 Å². The van der Waals surface area contributed by atoms with Crippen LogP contribution in [0.5, 0.6) is 0 Å². The van der Waals surface area contributed by atoms with E-state index in [1.807, 2.05) is 4.90 Å². The number of carbonyl (C=O) groups is 1. The first kappa shape index (κ1) is 21.2. The van der Waals surface area contributed by atoms with Gasteiger partial charge in [-0.1, -0.05) is 11.6 Å². The third-order valence-corrected chi connectivity index (χ3v) is 8.21. The fourth-order valence-electron chi connectivity index (χ4n) is 4.23. The number of anilines is 3. The average molecular weight is 493 g/mol. The molecule has 0 spiro atoms. The summed E-state index contributed by atoms with van der Waals surface area (Å²) in [6.45, 7) is 1.05. The highest BCUT2D eigenvalue weighted by molar-refractivity contribution is 7.93. The Morgan fingerprint density at radius 2 is 1.94 bits per heavy atom. The molecule has 1 aromatic heterocycles. The van der Waals surface area contributed by atoms with Crippen molar-refractivity contribution in [3.05, 3.63) is 64.4 Å². The predicted octanol–water partition coefficient (Wildman–Crippen LogP) is 3.90. The Balaban J connectivity index is 1.33. The van der Waals surface area contributed by atoms with Gasteiger partial charge in [-0.3, -0.25) is 9.52 Å². The van der Waals surface area contributed by atoms with Crippen LogP contribution in [0.2, 0.25) is 5.02 Å². The van der Waals surface area contributed by atoms with Crippen molar-refractivity contribution in [1.29, 1.82) is 0 Å². The summed E-state index contributed by atoms with van der Waals surface area (Å²) < 4.78 is 41.8. The molecule has 1 atom stereocenters. The van der Waals surface area contributed by atoms with E-state index in [1.54, 1.807) is 28.5 Å². The molecule has 0 saturated carbocycles. The first-order valence-electron chi connectivity index (χ1n) is 9.92. The molecule has 0 bridgehead atoms. The zero-order valence-corrected chi connectivity index (χ0v) is 19.1. The number of rotatable bonds is 5. The quantitative estimate of drug-likeness (QED) is 0.584. The molecule has 2 aliphatic rings. The number of hydrogen-bond donors (Lipinski definition) is 1. The van der Waals surface area contributed by atoms with E-state index in [-0.39, 0.29) is 21.0 Å². The topological polar surface area (TPSA) is 82.6 Å². The van der Waals surface area contributed by atoms with E-state index >= 15 is 0 Å². The fraction of sp³-hybridized carbons (Fsp3) is 0.238. The molecule has 2 aliphatic heterocycles. The summed E-state index contributed by atoms with van der Waals surface area (Å²) in [5, 5.41) is 2.05. The largest absolute Gasteiger partial charge is 0.359 e. The minimum Gasteiger partial charge on any atom is -0.359 e. The molecule has 1 amide bonds. The lowest BCUT2D eigenvalue weighted by atomic mass is 10.1. The molecule has 1 saturated heterocycles. The Hall–Kier alpha value is -2.69. The van der Waals surface area contributed by atoms with Gasteiger partial charge < -0.3 is 9.80 Å². The van der Waals surface area contributed by atoms with Crippen molar-refractivity contribution in [2.24, 2.45) is 0 Å². The fourth-order valence-corrected chi connectivity index (χ4v) is 6.19. The normalized spacial score (nSPS) is 18.3. The summed E-state index contributed by atoms with van der Waals surface area (Å²) in [6.07, 6.45) is 2.61. The third kappa shape index (κ3) is 3.62. The van der Waals surface area contributed by atoms with E-state index in [2.05, 4.69) is 9.71 Å².